The van der Waals surface area contributed by atoms with Gasteiger partial charge < -0.3 is 10.1 Å². The topological polar surface area (TPSA) is 81.2 Å². The Balaban J connectivity index is 1.85. The highest BCUT2D eigenvalue weighted by atomic mass is 32.2. The maximum absolute atomic E-state index is 11.8. The number of ether oxygens (including phenoxy) is 1. The SMILES string of the molecule is CCOC(=O)c1ccc(NC(=O)CSc2nnc(C)s2)cc1. The highest BCUT2D eigenvalue weighted by Crippen LogP contribution is 2.22. The molecule has 2 aromatic rings. The molecule has 0 aliphatic heterocycles. The zero-order chi connectivity index (χ0) is 15.9. The first-order chi connectivity index (χ1) is 10.6. The number of aromatic nitrogens is 2. The van der Waals surface area contributed by atoms with Gasteiger partial charge in [0.05, 0.1) is 17.9 Å². The molecule has 0 spiro atoms. The van der Waals surface area contributed by atoms with E-state index in [0.717, 1.165) is 9.35 Å². The van der Waals surface area contributed by atoms with Crippen LogP contribution >= 0.6 is 23.1 Å². The number of amides is 1. The Bertz CT molecular complexity index is 656. The number of carbonyl (C=O) groups is 2. The second-order valence-electron chi connectivity index (χ2n) is 4.22. The van der Waals surface area contributed by atoms with Gasteiger partial charge >= 0.3 is 5.97 Å². The Kier molecular flexibility index (Phi) is 5.91. The second-order valence-corrected chi connectivity index (χ2v) is 6.63. The van der Waals surface area contributed by atoms with Crippen LogP contribution in [0.3, 0.4) is 0 Å². The molecule has 0 aliphatic rings. The summed E-state index contributed by atoms with van der Waals surface area (Å²) in [5, 5.41) is 11.5. The highest BCUT2D eigenvalue weighted by Gasteiger charge is 2.09. The lowest BCUT2D eigenvalue weighted by molar-refractivity contribution is -0.113. The smallest absolute Gasteiger partial charge is 0.338 e. The molecule has 1 aromatic carbocycles. The molecular formula is C14H15N3O3S2. The number of hydrogen-bond acceptors (Lipinski definition) is 7. The zero-order valence-corrected chi connectivity index (χ0v) is 13.8. The van der Waals surface area contributed by atoms with Gasteiger partial charge in [0.1, 0.15) is 5.01 Å². The average molecular weight is 337 g/mol. The fraction of sp³-hybridized carbons (Fsp3) is 0.286. The van der Waals surface area contributed by atoms with Crippen molar-refractivity contribution >= 4 is 40.7 Å². The van der Waals surface area contributed by atoms with Gasteiger partial charge in [-0.25, -0.2) is 4.79 Å². The van der Waals surface area contributed by atoms with E-state index in [1.807, 2.05) is 6.92 Å². The van der Waals surface area contributed by atoms with Gasteiger partial charge in [-0.05, 0) is 38.1 Å². The lowest BCUT2D eigenvalue weighted by Gasteiger charge is -2.05. The molecule has 1 N–H and O–H groups in total. The second kappa shape index (κ2) is 7.90. The predicted octanol–water partition coefficient (Wildman–Crippen LogP) is 2.75. The maximum atomic E-state index is 11.8. The van der Waals surface area contributed by atoms with E-state index in [0.29, 0.717) is 17.9 Å². The Morgan fingerprint density at radius 1 is 1.27 bits per heavy atom. The van der Waals surface area contributed by atoms with E-state index in [1.54, 1.807) is 31.2 Å². The third kappa shape index (κ3) is 4.81. The third-order valence-electron chi connectivity index (χ3n) is 2.51. The molecule has 0 atom stereocenters. The van der Waals surface area contributed by atoms with E-state index < -0.39 is 0 Å². The van der Waals surface area contributed by atoms with Crippen LogP contribution in [0.1, 0.15) is 22.3 Å². The molecule has 0 fully saturated rings. The van der Waals surface area contributed by atoms with Gasteiger partial charge in [0.15, 0.2) is 4.34 Å². The quantitative estimate of drug-likeness (QED) is 0.645. The lowest BCUT2D eigenvalue weighted by Crippen LogP contribution is -2.14. The molecule has 0 bridgehead atoms. The number of aryl methyl sites for hydroxylation is 1. The van der Waals surface area contributed by atoms with E-state index in [4.69, 9.17) is 4.74 Å². The molecule has 0 radical (unpaired) electrons. The van der Waals surface area contributed by atoms with Crippen LogP contribution in [-0.4, -0.2) is 34.4 Å². The van der Waals surface area contributed by atoms with Crippen molar-refractivity contribution in [3.8, 4) is 0 Å². The summed E-state index contributed by atoms with van der Waals surface area (Å²) in [6.07, 6.45) is 0. The highest BCUT2D eigenvalue weighted by molar-refractivity contribution is 8.01. The summed E-state index contributed by atoms with van der Waals surface area (Å²) in [5.74, 6) is -0.252. The van der Waals surface area contributed by atoms with Crippen molar-refractivity contribution in [2.24, 2.45) is 0 Å². The molecule has 8 heteroatoms. The number of esters is 1. The number of thioether (sulfide) groups is 1. The summed E-state index contributed by atoms with van der Waals surface area (Å²) in [6, 6.07) is 6.58. The van der Waals surface area contributed by atoms with Crippen LogP contribution in [0.25, 0.3) is 0 Å². The van der Waals surface area contributed by atoms with Crippen LogP contribution in [0, 0.1) is 6.92 Å². The summed E-state index contributed by atoms with van der Waals surface area (Å²) in [5.41, 5.74) is 1.09. The van der Waals surface area contributed by atoms with Crippen molar-refractivity contribution in [3.05, 3.63) is 34.8 Å². The fourth-order valence-electron chi connectivity index (χ4n) is 1.57. The summed E-state index contributed by atoms with van der Waals surface area (Å²) in [7, 11) is 0. The third-order valence-corrected chi connectivity index (χ3v) is 4.49. The minimum atomic E-state index is -0.373. The minimum absolute atomic E-state index is 0.137. The molecule has 2 rings (SSSR count). The molecule has 1 heterocycles. The maximum Gasteiger partial charge on any atom is 0.338 e. The Hall–Kier alpha value is -1.93. The van der Waals surface area contributed by atoms with Gasteiger partial charge in [-0.2, -0.15) is 0 Å². The van der Waals surface area contributed by atoms with Crippen LogP contribution in [0.2, 0.25) is 0 Å². The molecule has 1 aromatic heterocycles. The van der Waals surface area contributed by atoms with Crippen LogP contribution in [0.5, 0.6) is 0 Å². The largest absolute Gasteiger partial charge is 0.462 e. The number of carbonyl (C=O) groups excluding carboxylic acids is 2. The predicted molar refractivity (Wildman–Crippen MR) is 86.4 cm³/mol. The first-order valence-electron chi connectivity index (χ1n) is 6.58. The van der Waals surface area contributed by atoms with E-state index >= 15 is 0 Å². The zero-order valence-electron chi connectivity index (χ0n) is 12.2. The monoisotopic (exact) mass is 337 g/mol. The normalized spacial score (nSPS) is 10.3. The van der Waals surface area contributed by atoms with Gasteiger partial charge in [-0.15, -0.1) is 10.2 Å². The van der Waals surface area contributed by atoms with Crippen molar-refractivity contribution in [2.75, 3.05) is 17.7 Å². The van der Waals surface area contributed by atoms with Crippen molar-refractivity contribution in [1.82, 2.24) is 10.2 Å². The first kappa shape index (κ1) is 16.4. The van der Waals surface area contributed by atoms with Crippen LogP contribution < -0.4 is 5.32 Å². The molecule has 0 aliphatic carbocycles. The Morgan fingerprint density at radius 2 is 2.00 bits per heavy atom. The van der Waals surface area contributed by atoms with E-state index in [2.05, 4.69) is 15.5 Å². The van der Waals surface area contributed by atoms with Crippen molar-refractivity contribution < 1.29 is 14.3 Å². The molecule has 0 saturated carbocycles. The van der Waals surface area contributed by atoms with Crippen molar-refractivity contribution in [1.29, 1.82) is 0 Å². The number of benzene rings is 1. The van der Waals surface area contributed by atoms with Gasteiger partial charge in [0.25, 0.3) is 0 Å². The number of rotatable bonds is 6. The summed E-state index contributed by atoms with van der Waals surface area (Å²) in [6.45, 7) is 3.95. The molecule has 6 nitrogen and oxygen atoms in total. The molecule has 1 amide bonds. The molecular weight excluding hydrogens is 322 g/mol. The van der Waals surface area contributed by atoms with Gasteiger partial charge in [-0.1, -0.05) is 23.1 Å². The van der Waals surface area contributed by atoms with E-state index in [9.17, 15) is 9.59 Å². The summed E-state index contributed by atoms with van der Waals surface area (Å²) >= 11 is 2.80. The number of anilines is 1. The number of nitrogens with one attached hydrogen (secondary N) is 1. The van der Waals surface area contributed by atoms with Gasteiger partial charge in [-0.3, -0.25) is 4.79 Å². The van der Waals surface area contributed by atoms with Crippen LogP contribution in [0.4, 0.5) is 5.69 Å². The molecule has 0 unspecified atom stereocenters. The number of nitrogens with zero attached hydrogens (tertiary/aromatic N) is 2. The fourth-order valence-corrected chi connectivity index (χ4v) is 3.18. The molecule has 22 heavy (non-hydrogen) atoms. The van der Waals surface area contributed by atoms with E-state index in [-0.39, 0.29) is 17.6 Å². The summed E-state index contributed by atoms with van der Waals surface area (Å²) < 4.78 is 5.67. The minimum Gasteiger partial charge on any atom is -0.462 e. The Morgan fingerprint density at radius 3 is 2.59 bits per heavy atom. The molecule has 116 valence electrons. The Labute approximate surface area is 136 Å². The van der Waals surface area contributed by atoms with Crippen molar-refractivity contribution in [2.45, 2.75) is 18.2 Å². The number of hydrogen-bond donors (Lipinski definition) is 1. The van der Waals surface area contributed by atoms with Crippen LogP contribution in [0.15, 0.2) is 28.6 Å². The van der Waals surface area contributed by atoms with Gasteiger partial charge in [0, 0.05) is 5.69 Å². The van der Waals surface area contributed by atoms with Crippen LogP contribution in [-0.2, 0) is 9.53 Å². The van der Waals surface area contributed by atoms with Gasteiger partial charge in [0.2, 0.25) is 5.91 Å². The lowest BCUT2D eigenvalue weighted by atomic mass is 10.2. The van der Waals surface area contributed by atoms with E-state index in [1.165, 1.54) is 23.1 Å². The molecule has 0 saturated heterocycles. The standard InChI is InChI=1S/C14H15N3O3S2/c1-3-20-13(19)10-4-6-11(7-5-10)15-12(18)8-21-14-17-16-9(2)22-14/h4-7H,3,8H2,1-2H3,(H,15,18). The first-order valence-corrected chi connectivity index (χ1v) is 8.38. The average Bonchev–Trinajstić information content (AvgIpc) is 2.92. The van der Waals surface area contributed by atoms with Crippen molar-refractivity contribution in [3.63, 3.8) is 0 Å². The summed E-state index contributed by atoms with van der Waals surface area (Å²) in [4.78, 5) is 23.4.